The van der Waals surface area contributed by atoms with Crippen molar-refractivity contribution in [3.05, 3.63) is 18.2 Å². The fourth-order valence-electron chi connectivity index (χ4n) is 1.73. The van der Waals surface area contributed by atoms with Crippen LogP contribution in [-0.4, -0.2) is 22.4 Å². The molecular formula is C13H15N3OS. The van der Waals surface area contributed by atoms with Crippen LogP contribution in [0.15, 0.2) is 23.4 Å². The van der Waals surface area contributed by atoms with Crippen LogP contribution in [0.4, 0.5) is 0 Å². The van der Waals surface area contributed by atoms with Gasteiger partial charge in [0.15, 0.2) is 5.16 Å². The number of aromatic nitrogens is 2. The molecule has 0 fully saturated rings. The Morgan fingerprint density at radius 3 is 3.06 bits per heavy atom. The number of nitrogens with zero attached hydrogens (tertiary/aromatic N) is 3. The molecule has 0 aliphatic carbocycles. The highest BCUT2D eigenvalue weighted by Gasteiger charge is 2.08. The summed E-state index contributed by atoms with van der Waals surface area (Å²) >= 11 is 1.69. The summed E-state index contributed by atoms with van der Waals surface area (Å²) in [5.41, 5.74) is 2.04. The van der Waals surface area contributed by atoms with E-state index in [2.05, 4.69) is 15.6 Å². The van der Waals surface area contributed by atoms with Crippen LogP contribution >= 0.6 is 11.8 Å². The quantitative estimate of drug-likeness (QED) is 0.613. The van der Waals surface area contributed by atoms with Gasteiger partial charge in [-0.15, -0.1) is 0 Å². The lowest BCUT2D eigenvalue weighted by molar-refractivity contribution is 0.415. The summed E-state index contributed by atoms with van der Waals surface area (Å²) in [5, 5.41) is 9.48. The van der Waals surface area contributed by atoms with Gasteiger partial charge in [0, 0.05) is 25.3 Å². The highest BCUT2D eigenvalue weighted by atomic mass is 32.2. The third-order valence-corrected chi connectivity index (χ3v) is 3.83. The lowest BCUT2D eigenvalue weighted by Crippen LogP contribution is -1.91. The van der Waals surface area contributed by atoms with Gasteiger partial charge in [-0.2, -0.15) is 5.26 Å². The number of aryl methyl sites for hydroxylation is 1. The Kier molecular flexibility index (Phi) is 4.11. The fraction of sp³-hybridized carbons (Fsp3) is 0.385. The van der Waals surface area contributed by atoms with E-state index in [0.29, 0.717) is 6.42 Å². The van der Waals surface area contributed by atoms with Crippen LogP contribution in [-0.2, 0) is 7.05 Å². The Balaban J connectivity index is 2.19. The summed E-state index contributed by atoms with van der Waals surface area (Å²) in [6.07, 6.45) is 1.50. The molecule has 2 rings (SSSR count). The number of fused-ring (bicyclic) bond motifs is 1. The number of imidazole rings is 1. The molecule has 0 aliphatic rings. The van der Waals surface area contributed by atoms with Crippen LogP contribution in [0.3, 0.4) is 0 Å². The average molecular weight is 261 g/mol. The molecule has 1 aromatic heterocycles. The molecule has 5 heteroatoms. The smallest absolute Gasteiger partial charge is 0.168 e. The zero-order valence-electron chi connectivity index (χ0n) is 10.5. The summed E-state index contributed by atoms with van der Waals surface area (Å²) in [6, 6.07) is 8.05. The number of hydrogen-bond donors (Lipinski definition) is 0. The van der Waals surface area contributed by atoms with Crippen LogP contribution < -0.4 is 4.74 Å². The van der Waals surface area contributed by atoms with Crippen molar-refractivity contribution >= 4 is 22.8 Å². The number of nitriles is 1. The summed E-state index contributed by atoms with van der Waals surface area (Å²) in [7, 11) is 3.66. The Hall–Kier alpha value is -1.67. The number of unbranched alkanes of at least 4 members (excludes halogenated alkanes) is 1. The maximum absolute atomic E-state index is 8.50. The Labute approximate surface area is 111 Å². The summed E-state index contributed by atoms with van der Waals surface area (Å²) < 4.78 is 7.27. The minimum atomic E-state index is 0.602. The van der Waals surface area contributed by atoms with Crippen molar-refractivity contribution in [2.45, 2.75) is 18.0 Å². The van der Waals surface area contributed by atoms with Gasteiger partial charge in [-0.3, -0.25) is 0 Å². The second kappa shape index (κ2) is 5.78. The van der Waals surface area contributed by atoms with Crippen LogP contribution in [0.1, 0.15) is 12.8 Å². The molecule has 0 spiro atoms. The number of rotatable bonds is 5. The van der Waals surface area contributed by atoms with Crippen LogP contribution in [0, 0.1) is 11.3 Å². The number of thioether (sulfide) groups is 1. The summed E-state index contributed by atoms with van der Waals surface area (Å²) in [5.74, 6) is 1.74. The van der Waals surface area contributed by atoms with Gasteiger partial charge in [0.25, 0.3) is 0 Å². The van der Waals surface area contributed by atoms with Gasteiger partial charge in [0.05, 0.1) is 24.2 Å². The van der Waals surface area contributed by atoms with Crippen molar-refractivity contribution in [2.75, 3.05) is 12.9 Å². The van der Waals surface area contributed by atoms with E-state index in [-0.39, 0.29) is 0 Å². The second-order valence-electron chi connectivity index (χ2n) is 3.92. The molecule has 18 heavy (non-hydrogen) atoms. The number of methoxy groups -OCH3 is 1. The molecule has 0 saturated carbocycles. The number of benzene rings is 1. The van der Waals surface area contributed by atoms with Crippen LogP contribution in [0.5, 0.6) is 5.75 Å². The lowest BCUT2D eigenvalue weighted by atomic mass is 10.3. The molecule has 0 aliphatic heterocycles. The van der Waals surface area contributed by atoms with E-state index in [4.69, 9.17) is 10.00 Å². The van der Waals surface area contributed by atoms with Gasteiger partial charge in [0.2, 0.25) is 0 Å². The molecule has 0 atom stereocenters. The van der Waals surface area contributed by atoms with E-state index in [1.165, 1.54) is 0 Å². The normalized spacial score (nSPS) is 10.5. The van der Waals surface area contributed by atoms with Crippen molar-refractivity contribution in [2.24, 2.45) is 7.05 Å². The van der Waals surface area contributed by atoms with E-state index in [9.17, 15) is 0 Å². The van der Waals surface area contributed by atoms with E-state index < -0.39 is 0 Å². The standard InChI is InChI=1S/C13H15N3OS/c1-16-12-6-5-10(17-2)9-11(12)15-13(16)18-8-4-3-7-14/h5-6,9H,3-4,8H2,1-2H3. The minimum absolute atomic E-state index is 0.602. The van der Waals surface area contributed by atoms with E-state index >= 15 is 0 Å². The molecule has 94 valence electrons. The monoisotopic (exact) mass is 261 g/mol. The van der Waals surface area contributed by atoms with Gasteiger partial charge < -0.3 is 9.30 Å². The molecule has 1 heterocycles. The Morgan fingerprint density at radius 1 is 1.50 bits per heavy atom. The summed E-state index contributed by atoms with van der Waals surface area (Å²) in [4.78, 5) is 4.58. The summed E-state index contributed by atoms with van der Waals surface area (Å²) in [6.45, 7) is 0. The van der Waals surface area contributed by atoms with Crippen LogP contribution in [0.25, 0.3) is 11.0 Å². The molecule has 4 nitrogen and oxygen atoms in total. The van der Waals surface area contributed by atoms with Crippen molar-refractivity contribution < 1.29 is 4.74 Å². The molecule has 2 aromatic rings. The zero-order chi connectivity index (χ0) is 13.0. The maximum atomic E-state index is 8.50. The third-order valence-electron chi connectivity index (χ3n) is 2.71. The first kappa shape index (κ1) is 12.8. The molecule has 0 N–H and O–H groups in total. The molecule has 0 bridgehead atoms. The van der Waals surface area contributed by atoms with Crippen LogP contribution in [0.2, 0.25) is 0 Å². The molecule has 0 saturated heterocycles. The number of ether oxygens (including phenoxy) is 1. The minimum Gasteiger partial charge on any atom is -0.497 e. The topological polar surface area (TPSA) is 50.8 Å². The van der Waals surface area contributed by atoms with Gasteiger partial charge in [-0.05, 0) is 18.6 Å². The highest BCUT2D eigenvalue weighted by molar-refractivity contribution is 7.99. The van der Waals surface area contributed by atoms with Crippen molar-refractivity contribution in [3.63, 3.8) is 0 Å². The van der Waals surface area contributed by atoms with Gasteiger partial charge in [0.1, 0.15) is 5.75 Å². The van der Waals surface area contributed by atoms with Gasteiger partial charge >= 0.3 is 0 Å². The Morgan fingerprint density at radius 2 is 2.33 bits per heavy atom. The molecule has 0 radical (unpaired) electrons. The SMILES string of the molecule is COc1ccc2c(c1)nc(SCCCC#N)n2C. The van der Waals surface area contributed by atoms with Crippen molar-refractivity contribution in [1.82, 2.24) is 9.55 Å². The largest absolute Gasteiger partial charge is 0.497 e. The van der Waals surface area contributed by atoms with E-state index in [0.717, 1.165) is 34.1 Å². The van der Waals surface area contributed by atoms with Crippen molar-refractivity contribution in [1.29, 1.82) is 5.26 Å². The van der Waals surface area contributed by atoms with Crippen molar-refractivity contribution in [3.8, 4) is 11.8 Å². The first-order chi connectivity index (χ1) is 8.76. The third kappa shape index (κ3) is 2.59. The Bertz CT molecular complexity index is 586. The predicted octanol–water partition coefficient (Wildman–Crippen LogP) is 2.98. The molecule has 1 aromatic carbocycles. The molecular weight excluding hydrogens is 246 g/mol. The number of hydrogen-bond acceptors (Lipinski definition) is 4. The zero-order valence-corrected chi connectivity index (χ0v) is 11.3. The second-order valence-corrected chi connectivity index (χ2v) is 4.98. The average Bonchev–Trinajstić information content (AvgIpc) is 2.71. The first-order valence-corrected chi connectivity index (χ1v) is 6.75. The maximum Gasteiger partial charge on any atom is 0.168 e. The first-order valence-electron chi connectivity index (χ1n) is 5.76. The molecule has 0 unspecified atom stereocenters. The predicted molar refractivity (Wildman–Crippen MR) is 72.8 cm³/mol. The van der Waals surface area contributed by atoms with E-state index in [1.807, 2.05) is 25.2 Å². The van der Waals surface area contributed by atoms with Gasteiger partial charge in [-0.25, -0.2) is 4.98 Å². The fourth-order valence-corrected chi connectivity index (χ4v) is 2.65. The lowest BCUT2D eigenvalue weighted by Gasteiger charge is -2.01. The van der Waals surface area contributed by atoms with E-state index in [1.54, 1.807) is 18.9 Å². The van der Waals surface area contributed by atoms with Gasteiger partial charge in [-0.1, -0.05) is 11.8 Å². The molecule has 0 amide bonds. The highest BCUT2D eigenvalue weighted by Crippen LogP contribution is 2.26.